The molecule has 0 radical (unpaired) electrons. The monoisotopic (exact) mass is 257 g/mol. The van der Waals surface area contributed by atoms with Crippen LogP contribution in [-0.4, -0.2) is 23.0 Å². The molecular weight excluding hydrogens is 242 g/mol. The van der Waals surface area contributed by atoms with Crippen molar-refractivity contribution in [2.24, 2.45) is 0 Å². The molecule has 1 aromatic heterocycles. The highest BCUT2D eigenvalue weighted by molar-refractivity contribution is 6.06. The zero-order valence-electron chi connectivity index (χ0n) is 11.1. The van der Waals surface area contributed by atoms with Crippen molar-refractivity contribution in [1.82, 2.24) is 9.97 Å². The highest BCUT2D eigenvalue weighted by Gasteiger charge is 2.16. The molecule has 1 aromatic carbocycles. The number of nitrogens with zero attached hydrogens (tertiary/aromatic N) is 2. The first-order valence-electron chi connectivity index (χ1n) is 5.85. The number of hydrogen-bond donors (Lipinski definition) is 1. The molecule has 0 unspecified atom stereocenters. The molecule has 0 fully saturated rings. The number of benzene rings is 1. The molecule has 1 amide bonds. The van der Waals surface area contributed by atoms with E-state index in [1.165, 1.54) is 0 Å². The van der Waals surface area contributed by atoms with Gasteiger partial charge in [0.15, 0.2) is 0 Å². The molecule has 1 N–H and O–H groups in total. The second-order valence-corrected chi connectivity index (χ2v) is 4.19. The van der Waals surface area contributed by atoms with E-state index in [-0.39, 0.29) is 11.9 Å². The predicted octanol–water partition coefficient (Wildman–Crippen LogP) is 2.35. The molecule has 0 bridgehead atoms. The number of nitrogens with one attached hydrogen (secondary N) is 1. The first kappa shape index (κ1) is 13.0. The summed E-state index contributed by atoms with van der Waals surface area (Å²) in [4.78, 5) is 20.2. The fourth-order valence-corrected chi connectivity index (χ4v) is 1.91. The van der Waals surface area contributed by atoms with Gasteiger partial charge < -0.3 is 4.74 Å². The molecule has 0 saturated heterocycles. The van der Waals surface area contributed by atoms with Crippen LogP contribution in [0.25, 0.3) is 0 Å². The van der Waals surface area contributed by atoms with E-state index >= 15 is 0 Å². The largest absolute Gasteiger partial charge is 0.496 e. The highest BCUT2D eigenvalue weighted by atomic mass is 16.5. The summed E-state index contributed by atoms with van der Waals surface area (Å²) in [7, 11) is 1.55. The molecule has 0 aliphatic heterocycles. The Morgan fingerprint density at radius 1 is 1.21 bits per heavy atom. The molecule has 2 rings (SSSR count). The van der Waals surface area contributed by atoms with E-state index in [9.17, 15) is 4.79 Å². The summed E-state index contributed by atoms with van der Waals surface area (Å²) in [6, 6.07) is 5.45. The molecule has 0 atom stereocenters. The average Bonchev–Trinajstić information content (AvgIpc) is 2.38. The van der Waals surface area contributed by atoms with Gasteiger partial charge in [0.1, 0.15) is 5.75 Å². The van der Waals surface area contributed by atoms with Gasteiger partial charge >= 0.3 is 0 Å². The van der Waals surface area contributed by atoms with Crippen molar-refractivity contribution in [1.29, 1.82) is 0 Å². The second kappa shape index (κ2) is 5.48. The molecule has 5 heteroatoms. The Hall–Kier alpha value is -2.43. The van der Waals surface area contributed by atoms with Crippen molar-refractivity contribution < 1.29 is 9.53 Å². The Kier molecular flexibility index (Phi) is 3.75. The number of rotatable bonds is 3. The summed E-state index contributed by atoms with van der Waals surface area (Å²) >= 11 is 0. The van der Waals surface area contributed by atoms with Crippen molar-refractivity contribution >= 4 is 11.9 Å². The molecule has 0 spiro atoms. The third-order valence-corrected chi connectivity index (χ3v) is 2.68. The molecule has 19 heavy (non-hydrogen) atoms. The molecule has 98 valence electrons. The quantitative estimate of drug-likeness (QED) is 0.916. The molecule has 0 aliphatic rings. The maximum atomic E-state index is 12.3. The Balaban J connectivity index is 2.34. The Morgan fingerprint density at radius 2 is 1.89 bits per heavy atom. The third kappa shape index (κ3) is 2.88. The van der Waals surface area contributed by atoms with Gasteiger partial charge in [-0.05, 0) is 37.1 Å². The number of ether oxygens (including phenoxy) is 1. The third-order valence-electron chi connectivity index (χ3n) is 2.68. The van der Waals surface area contributed by atoms with Gasteiger partial charge in [0.25, 0.3) is 5.91 Å². The van der Waals surface area contributed by atoms with Crippen LogP contribution >= 0.6 is 0 Å². The molecule has 1 heterocycles. The van der Waals surface area contributed by atoms with Crippen molar-refractivity contribution in [3.05, 3.63) is 47.3 Å². The molecule has 0 aliphatic carbocycles. The van der Waals surface area contributed by atoms with Gasteiger partial charge in [-0.25, -0.2) is 9.97 Å². The van der Waals surface area contributed by atoms with Gasteiger partial charge in [-0.2, -0.15) is 0 Å². The lowest BCUT2D eigenvalue weighted by molar-refractivity contribution is 0.102. The van der Waals surface area contributed by atoms with Gasteiger partial charge in [-0.1, -0.05) is 6.07 Å². The predicted molar refractivity (Wildman–Crippen MR) is 72.5 cm³/mol. The highest BCUT2D eigenvalue weighted by Crippen LogP contribution is 2.24. The van der Waals surface area contributed by atoms with Crippen LogP contribution in [0, 0.1) is 13.8 Å². The van der Waals surface area contributed by atoms with Crippen molar-refractivity contribution in [2.45, 2.75) is 13.8 Å². The van der Waals surface area contributed by atoms with E-state index in [2.05, 4.69) is 15.3 Å². The van der Waals surface area contributed by atoms with Crippen LogP contribution in [0.3, 0.4) is 0 Å². The summed E-state index contributed by atoms with van der Waals surface area (Å²) in [6.45, 7) is 3.83. The Labute approximate surface area is 111 Å². The van der Waals surface area contributed by atoms with Gasteiger partial charge in [0.05, 0.1) is 12.7 Å². The maximum absolute atomic E-state index is 12.3. The zero-order chi connectivity index (χ0) is 13.8. The average molecular weight is 257 g/mol. The lowest BCUT2D eigenvalue weighted by atomic mass is 10.0. The summed E-state index contributed by atoms with van der Waals surface area (Å²) in [5.41, 5.74) is 2.40. The number of carbonyl (C=O) groups is 1. The number of methoxy groups -OCH3 is 1. The SMILES string of the molecule is COc1cc(C)cc(C)c1C(=O)Nc1ncccn1. The standard InChI is InChI=1S/C14H15N3O2/c1-9-7-10(2)12(11(8-9)19-3)13(18)17-14-15-5-4-6-16-14/h4-8H,1-3H3,(H,15,16,17,18). The van der Waals surface area contributed by atoms with Crippen LogP contribution in [0.5, 0.6) is 5.75 Å². The Morgan fingerprint density at radius 3 is 2.53 bits per heavy atom. The van der Waals surface area contributed by atoms with E-state index in [4.69, 9.17) is 4.74 Å². The van der Waals surface area contributed by atoms with Crippen molar-refractivity contribution in [3.8, 4) is 5.75 Å². The van der Waals surface area contributed by atoms with Crippen LogP contribution < -0.4 is 10.1 Å². The number of aryl methyl sites for hydroxylation is 2. The number of aromatic nitrogens is 2. The van der Waals surface area contributed by atoms with Gasteiger partial charge in [-0.15, -0.1) is 0 Å². The molecule has 5 nitrogen and oxygen atoms in total. The molecular formula is C14H15N3O2. The lowest BCUT2D eigenvalue weighted by Crippen LogP contribution is -2.16. The first-order valence-corrected chi connectivity index (χ1v) is 5.85. The van der Waals surface area contributed by atoms with Crippen LogP contribution in [0.2, 0.25) is 0 Å². The van der Waals surface area contributed by atoms with Crippen molar-refractivity contribution in [2.75, 3.05) is 12.4 Å². The van der Waals surface area contributed by atoms with E-state index in [1.54, 1.807) is 25.6 Å². The summed E-state index contributed by atoms with van der Waals surface area (Å²) in [5, 5.41) is 2.65. The van der Waals surface area contributed by atoms with Gasteiger partial charge in [-0.3, -0.25) is 10.1 Å². The second-order valence-electron chi connectivity index (χ2n) is 4.19. The summed E-state index contributed by atoms with van der Waals surface area (Å²) < 4.78 is 5.26. The number of amides is 1. The van der Waals surface area contributed by atoms with Crippen LogP contribution in [-0.2, 0) is 0 Å². The van der Waals surface area contributed by atoms with E-state index in [0.717, 1.165) is 11.1 Å². The minimum absolute atomic E-state index is 0.273. The van der Waals surface area contributed by atoms with Crippen LogP contribution in [0.15, 0.2) is 30.6 Å². The Bertz CT molecular complexity index is 597. The van der Waals surface area contributed by atoms with Gasteiger partial charge in [0.2, 0.25) is 5.95 Å². The van der Waals surface area contributed by atoms with E-state index in [1.807, 2.05) is 26.0 Å². The van der Waals surface area contributed by atoms with Crippen molar-refractivity contribution in [3.63, 3.8) is 0 Å². The van der Waals surface area contributed by atoms with Crippen LogP contribution in [0.1, 0.15) is 21.5 Å². The van der Waals surface area contributed by atoms with E-state index < -0.39 is 0 Å². The number of carbonyl (C=O) groups excluding carboxylic acids is 1. The van der Waals surface area contributed by atoms with E-state index in [0.29, 0.717) is 11.3 Å². The minimum atomic E-state index is -0.277. The maximum Gasteiger partial charge on any atom is 0.262 e. The fourth-order valence-electron chi connectivity index (χ4n) is 1.91. The fraction of sp³-hybridized carbons (Fsp3) is 0.214. The topological polar surface area (TPSA) is 64.1 Å². The smallest absolute Gasteiger partial charge is 0.262 e. The molecule has 0 saturated carbocycles. The summed E-state index contributed by atoms with van der Waals surface area (Å²) in [5.74, 6) is 0.543. The number of anilines is 1. The minimum Gasteiger partial charge on any atom is -0.496 e. The first-order chi connectivity index (χ1) is 9.11. The lowest BCUT2D eigenvalue weighted by Gasteiger charge is -2.12. The molecule has 2 aromatic rings. The number of hydrogen-bond acceptors (Lipinski definition) is 4. The van der Waals surface area contributed by atoms with Crippen LogP contribution in [0.4, 0.5) is 5.95 Å². The van der Waals surface area contributed by atoms with Gasteiger partial charge in [0, 0.05) is 12.4 Å². The summed E-state index contributed by atoms with van der Waals surface area (Å²) in [6.07, 6.45) is 3.14. The normalized spacial score (nSPS) is 10.1. The zero-order valence-corrected chi connectivity index (χ0v) is 11.1.